The maximum atomic E-state index is 12.6. The van der Waals surface area contributed by atoms with E-state index in [9.17, 15) is 14.4 Å². The molecule has 2 aliphatic heterocycles. The lowest BCUT2D eigenvalue weighted by Gasteiger charge is -2.35. The molecule has 0 spiro atoms. The molecule has 0 unspecified atom stereocenters. The number of amides is 3. The van der Waals surface area contributed by atoms with E-state index in [4.69, 9.17) is 0 Å². The first-order chi connectivity index (χ1) is 13.1. The summed E-state index contributed by atoms with van der Waals surface area (Å²) in [6.07, 6.45) is 3.96. The molecule has 2 aliphatic rings. The summed E-state index contributed by atoms with van der Waals surface area (Å²) >= 11 is 0. The van der Waals surface area contributed by atoms with Gasteiger partial charge in [-0.3, -0.25) is 24.3 Å². The lowest BCUT2D eigenvalue weighted by atomic mass is 10.0. The molecule has 27 heavy (non-hydrogen) atoms. The van der Waals surface area contributed by atoms with Crippen LogP contribution in [-0.2, 0) is 11.2 Å². The molecule has 0 atom stereocenters. The van der Waals surface area contributed by atoms with E-state index < -0.39 is 0 Å². The molecule has 0 saturated carbocycles. The van der Waals surface area contributed by atoms with Gasteiger partial charge < -0.3 is 4.90 Å². The molecule has 0 aliphatic carbocycles. The monoisotopic (exact) mass is 363 g/mol. The van der Waals surface area contributed by atoms with Gasteiger partial charge in [-0.1, -0.05) is 30.3 Å². The molecule has 1 saturated heterocycles. The third-order valence-corrected chi connectivity index (χ3v) is 5.33. The van der Waals surface area contributed by atoms with Crippen molar-refractivity contribution < 1.29 is 14.4 Å². The molecular formula is C21H21N3O3. The Bertz CT molecular complexity index is 838. The average Bonchev–Trinajstić information content (AvgIpc) is 2.98. The van der Waals surface area contributed by atoms with Gasteiger partial charge in [-0.05, 0) is 37.0 Å². The molecule has 3 amide bonds. The number of likely N-dealkylation sites (tertiary alicyclic amines) is 1. The van der Waals surface area contributed by atoms with Crippen molar-refractivity contribution in [2.75, 3.05) is 13.1 Å². The second-order valence-corrected chi connectivity index (χ2v) is 6.98. The fourth-order valence-electron chi connectivity index (χ4n) is 3.84. The van der Waals surface area contributed by atoms with Gasteiger partial charge in [0.15, 0.2) is 0 Å². The molecule has 1 aromatic carbocycles. The van der Waals surface area contributed by atoms with Gasteiger partial charge in [0.1, 0.15) is 5.69 Å². The van der Waals surface area contributed by atoms with Gasteiger partial charge in [-0.15, -0.1) is 0 Å². The Morgan fingerprint density at radius 2 is 1.74 bits per heavy atom. The fourth-order valence-corrected chi connectivity index (χ4v) is 3.84. The molecular weight excluding hydrogens is 342 g/mol. The van der Waals surface area contributed by atoms with E-state index in [1.807, 2.05) is 35.2 Å². The summed E-state index contributed by atoms with van der Waals surface area (Å²) in [5, 5.41) is 0. The van der Waals surface area contributed by atoms with E-state index in [0.29, 0.717) is 37.9 Å². The highest BCUT2D eigenvalue weighted by Crippen LogP contribution is 2.27. The molecule has 6 heteroatoms. The van der Waals surface area contributed by atoms with Crippen molar-refractivity contribution >= 4 is 17.7 Å². The standard InChI is InChI=1S/C21H21N3O3/c25-18(9-8-15-5-2-1-3-6-15)23-13-10-16(11-14-23)24-20(26)17-7-4-12-22-19(17)21(24)27/h1-7,12,16H,8-11,13-14H2. The van der Waals surface area contributed by atoms with Crippen LogP contribution in [0.3, 0.4) is 0 Å². The summed E-state index contributed by atoms with van der Waals surface area (Å²) in [4.78, 5) is 44.8. The Hall–Kier alpha value is -3.02. The van der Waals surface area contributed by atoms with Crippen LogP contribution in [0.2, 0.25) is 0 Å². The van der Waals surface area contributed by atoms with Gasteiger partial charge in [0.2, 0.25) is 5.91 Å². The topological polar surface area (TPSA) is 70.6 Å². The number of aromatic nitrogens is 1. The third kappa shape index (κ3) is 3.35. The van der Waals surface area contributed by atoms with Crippen LogP contribution in [0, 0.1) is 0 Å². The molecule has 1 fully saturated rings. The second-order valence-electron chi connectivity index (χ2n) is 6.98. The van der Waals surface area contributed by atoms with Crippen LogP contribution >= 0.6 is 0 Å². The van der Waals surface area contributed by atoms with E-state index in [0.717, 1.165) is 12.0 Å². The predicted molar refractivity (Wildman–Crippen MR) is 99.1 cm³/mol. The number of hydrogen-bond donors (Lipinski definition) is 0. The predicted octanol–water partition coefficient (Wildman–Crippen LogP) is 2.30. The van der Waals surface area contributed by atoms with Gasteiger partial charge in [0.25, 0.3) is 11.8 Å². The maximum absolute atomic E-state index is 12.6. The van der Waals surface area contributed by atoms with Gasteiger partial charge in [-0.25, -0.2) is 0 Å². The molecule has 4 rings (SSSR count). The Balaban J connectivity index is 1.33. The van der Waals surface area contributed by atoms with Crippen molar-refractivity contribution in [2.45, 2.75) is 31.7 Å². The van der Waals surface area contributed by atoms with Crippen LogP contribution in [0.5, 0.6) is 0 Å². The number of aryl methyl sites for hydroxylation is 1. The maximum Gasteiger partial charge on any atom is 0.280 e. The smallest absolute Gasteiger partial charge is 0.280 e. The van der Waals surface area contributed by atoms with Crippen LogP contribution in [0.1, 0.15) is 45.7 Å². The highest BCUT2D eigenvalue weighted by atomic mass is 16.2. The normalized spacial score (nSPS) is 17.3. The zero-order valence-electron chi connectivity index (χ0n) is 15.0. The van der Waals surface area contributed by atoms with E-state index in [1.54, 1.807) is 12.1 Å². The number of carbonyl (C=O) groups is 3. The molecule has 2 aromatic rings. The van der Waals surface area contributed by atoms with Gasteiger partial charge in [-0.2, -0.15) is 0 Å². The minimum absolute atomic E-state index is 0.126. The zero-order chi connectivity index (χ0) is 18.8. The van der Waals surface area contributed by atoms with Crippen LogP contribution in [0.4, 0.5) is 0 Å². The summed E-state index contributed by atoms with van der Waals surface area (Å²) in [7, 11) is 0. The number of fused-ring (bicyclic) bond motifs is 1. The Kier molecular flexibility index (Phi) is 4.71. The van der Waals surface area contributed by atoms with Gasteiger partial charge >= 0.3 is 0 Å². The van der Waals surface area contributed by atoms with Crippen LogP contribution in [0.15, 0.2) is 48.7 Å². The average molecular weight is 363 g/mol. The number of carbonyl (C=O) groups excluding carboxylic acids is 3. The minimum Gasteiger partial charge on any atom is -0.343 e. The molecule has 0 bridgehead atoms. The first-order valence-electron chi connectivity index (χ1n) is 9.30. The van der Waals surface area contributed by atoms with Crippen molar-refractivity contribution in [3.8, 4) is 0 Å². The highest BCUT2D eigenvalue weighted by molar-refractivity contribution is 6.20. The van der Waals surface area contributed by atoms with Crippen molar-refractivity contribution in [1.29, 1.82) is 0 Å². The molecule has 1 aromatic heterocycles. The minimum atomic E-state index is -0.315. The zero-order valence-corrected chi connectivity index (χ0v) is 15.0. The highest BCUT2D eigenvalue weighted by Gasteiger charge is 2.42. The fraction of sp³-hybridized carbons (Fsp3) is 0.333. The Morgan fingerprint density at radius 1 is 1.00 bits per heavy atom. The summed E-state index contributed by atoms with van der Waals surface area (Å²) < 4.78 is 0. The Morgan fingerprint density at radius 3 is 2.44 bits per heavy atom. The molecule has 0 N–H and O–H groups in total. The lowest BCUT2D eigenvalue weighted by Crippen LogP contribution is -2.48. The number of imide groups is 1. The first-order valence-corrected chi connectivity index (χ1v) is 9.30. The van der Waals surface area contributed by atoms with Gasteiger partial charge in [0.05, 0.1) is 5.56 Å². The summed E-state index contributed by atoms with van der Waals surface area (Å²) in [6.45, 7) is 1.14. The van der Waals surface area contributed by atoms with Crippen LogP contribution in [-0.4, -0.2) is 51.6 Å². The van der Waals surface area contributed by atoms with Crippen LogP contribution < -0.4 is 0 Å². The largest absolute Gasteiger partial charge is 0.343 e. The quantitative estimate of drug-likeness (QED) is 0.782. The Labute approximate surface area is 157 Å². The third-order valence-electron chi connectivity index (χ3n) is 5.33. The van der Waals surface area contributed by atoms with E-state index in [2.05, 4.69) is 4.98 Å². The molecule has 0 radical (unpaired) electrons. The van der Waals surface area contributed by atoms with Crippen LogP contribution in [0.25, 0.3) is 0 Å². The summed E-state index contributed by atoms with van der Waals surface area (Å²) in [5.74, 6) is -0.456. The number of pyridine rings is 1. The van der Waals surface area contributed by atoms with Crippen molar-refractivity contribution in [3.05, 3.63) is 65.5 Å². The van der Waals surface area contributed by atoms with Gasteiger partial charge in [0, 0.05) is 31.7 Å². The number of benzene rings is 1. The summed E-state index contributed by atoms with van der Waals surface area (Å²) in [6, 6.07) is 13.1. The summed E-state index contributed by atoms with van der Waals surface area (Å²) in [5.41, 5.74) is 1.77. The van der Waals surface area contributed by atoms with Crippen molar-refractivity contribution in [2.24, 2.45) is 0 Å². The number of rotatable bonds is 4. The molecule has 138 valence electrons. The number of piperidine rings is 1. The second kappa shape index (κ2) is 7.31. The first kappa shape index (κ1) is 17.4. The SMILES string of the molecule is O=C(CCc1ccccc1)N1CCC(N2C(=O)c3cccnc3C2=O)CC1. The molecule has 6 nitrogen and oxygen atoms in total. The van der Waals surface area contributed by atoms with E-state index in [-0.39, 0.29) is 29.5 Å². The number of nitrogens with zero attached hydrogens (tertiary/aromatic N) is 3. The van der Waals surface area contributed by atoms with E-state index >= 15 is 0 Å². The van der Waals surface area contributed by atoms with Crippen molar-refractivity contribution in [3.63, 3.8) is 0 Å². The lowest BCUT2D eigenvalue weighted by molar-refractivity contribution is -0.132. The van der Waals surface area contributed by atoms with E-state index in [1.165, 1.54) is 11.1 Å². The number of hydrogen-bond acceptors (Lipinski definition) is 4. The molecule has 3 heterocycles. The van der Waals surface area contributed by atoms with Crippen molar-refractivity contribution in [1.82, 2.24) is 14.8 Å².